The van der Waals surface area contributed by atoms with Gasteiger partial charge in [-0.3, -0.25) is 0 Å². The lowest BCUT2D eigenvalue weighted by atomic mass is 9.97. The number of thioether (sulfide) groups is 1. The van der Waals surface area contributed by atoms with E-state index >= 15 is 0 Å². The third kappa shape index (κ3) is 4.41. The van der Waals surface area contributed by atoms with Gasteiger partial charge in [0, 0.05) is 10.5 Å². The largest absolute Gasteiger partial charge is 0.394 e. The normalized spacial score (nSPS) is 24.7. The van der Waals surface area contributed by atoms with Crippen molar-refractivity contribution in [2.24, 2.45) is 0 Å². The molecule has 0 spiro atoms. The van der Waals surface area contributed by atoms with Gasteiger partial charge in [0.05, 0.1) is 12.8 Å². The van der Waals surface area contributed by atoms with Crippen molar-refractivity contribution >= 4 is 22.5 Å². The first kappa shape index (κ1) is 23.8. The number of hydrogen-bond acceptors (Lipinski definition) is 7. The molecule has 5 rings (SSSR count). The zero-order valence-corrected chi connectivity index (χ0v) is 18.8. The van der Waals surface area contributed by atoms with Crippen molar-refractivity contribution in [1.29, 1.82) is 0 Å². The topological polar surface area (TPSA) is 101 Å². The summed E-state index contributed by atoms with van der Waals surface area (Å²) in [5, 5.41) is 41.5. The highest BCUT2D eigenvalue weighted by Crippen LogP contribution is 2.40. The van der Waals surface area contributed by atoms with Crippen LogP contribution >= 0.6 is 11.8 Å². The Kier molecular flexibility index (Phi) is 6.51. The lowest BCUT2D eigenvalue weighted by molar-refractivity contribution is -0.178. The van der Waals surface area contributed by atoms with Gasteiger partial charge in [0.2, 0.25) is 0 Å². The quantitative estimate of drug-likeness (QED) is 0.360. The molecule has 1 aromatic heterocycles. The average molecular weight is 504 g/mol. The lowest BCUT2D eigenvalue weighted by Gasteiger charge is -2.41. The van der Waals surface area contributed by atoms with E-state index < -0.39 is 53.8 Å². The third-order valence-corrected chi connectivity index (χ3v) is 7.17. The highest BCUT2D eigenvalue weighted by Gasteiger charge is 2.46. The molecule has 35 heavy (non-hydrogen) atoms. The molecule has 0 bridgehead atoms. The molecular weight excluding hydrogens is 483 g/mol. The van der Waals surface area contributed by atoms with E-state index in [-0.39, 0.29) is 11.3 Å². The molecule has 0 aliphatic carbocycles. The maximum Gasteiger partial charge on any atom is 0.194 e. The van der Waals surface area contributed by atoms with Crippen molar-refractivity contribution in [2.75, 3.05) is 6.61 Å². The van der Waals surface area contributed by atoms with Crippen molar-refractivity contribution < 1.29 is 33.2 Å². The van der Waals surface area contributed by atoms with Crippen molar-refractivity contribution in [3.8, 4) is 11.3 Å². The molecule has 0 saturated carbocycles. The highest BCUT2D eigenvalue weighted by molar-refractivity contribution is 8.00. The number of rotatable bonds is 5. The SMILES string of the molecule is OCC1O[C@H](Sc2cccc3ccccc23)C(O)C(n2cc(-c3cc(F)c(F)c(F)c3)nn2)[C@H]1O. The molecular formula is C24H20F3N3O4S. The zero-order chi connectivity index (χ0) is 24.7. The number of hydrogen-bond donors (Lipinski definition) is 3. The molecule has 3 N–H and O–H groups in total. The predicted octanol–water partition coefficient (Wildman–Crippen LogP) is 3.29. The van der Waals surface area contributed by atoms with E-state index in [1.54, 1.807) is 0 Å². The number of halogens is 3. The number of aromatic nitrogens is 3. The maximum atomic E-state index is 13.7. The minimum atomic E-state index is -1.60. The molecule has 1 fully saturated rings. The number of fused-ring (bicyclic) bond motifs is 1. The van der Waals surface area contributed by atoms with Crippen molar-refractivity contribution in [3.63, 3.8) is 0 Å². The number of nitrogens with zero attached hydrogens (tertiary/aromatic N) is 3. The summed E-state index contributed by atoms with van der Waals surface area (Å²) in [4.78, 5) is 0.829. The summed E-state index contributed by atoms with van der Waals surface area (Å²) in [5.41, 5.74) is -0.948. The summed E-state index contributed by atoms with van der Waals surface area (Å²) < 4.78 is 47.7. The van der Waals surface area contributed by atoms with Gasteiger partial charge in [-0.2, -0.15) is 0 Å². The molecule has 0 amide bonds. The number of aliphatic hydroxyl groups excluding tert-OH is 3. The van der Waals surface area contributed by atoms with Gasteiger partial charge in [0.25, 0.3) is 0 Å². The number of benzene rings is 3. The van der Waals surface area contributed by atoms with E-state index in [0.717, 1.165) is 32.5 Å². The van der Waals surface area contributed by atoms with Crippen LogP contribution in [0, 0.1) is 17.5 Å². The molecule has 5 atom stereocenters. The van der Waals surface area contributed by atoms with E-state index in [4.69, 9.17) is 4.74 Å². The molecule has 182 valence electrons. The van der Waals surface area contributed by atoms with Crippen LogP contribution in [0.25, 0.3) is 22.0 Å². The summed E-state index contributed by atoms with van der Waals surface area (Å²) >= 11 is 1.23. The fourth-order valence-electron chi connectivity index (χ4n) is 4.16. The Labute approximate surface area is 201 Å². The third-order valence-electron chi connectivity index (χ3n) is 5.94. The van der Waals surface area contributed by atoms with E-state index in [2.05, 4.69) is 10.3 Å². The van der Waals surface area contributed by atoms with Gasteiger partial charge in [-0.15, -0.1) is 5.10 Å². The minimum Gasteiger partial charge on any atom is -0.394 e. The molecule has 1 saturated heterocycles. The van der Waals surface area contributed by atoms with Crippen molar-refractivity contribution in [3.05, 3.63) is 78.2 Å². The Hall–Kier alpha value is -2.96. The Morgan fingerprint density at radius 1 is 0.971 bits per heavy atom. The van der Waals surface area contributed by atoms with Crippen LogP contribution in [0.3, 0.4) is 0 Å². The van der Waals surface area contributed by atoms with E-state index in [1.165, 1.54) is 18.0 Å². The van der Waals surface area contributed by atoms with Gasteiger partial charge < -0.3 is 20.1 Å². The molecule has 2 heterocycles. The standard InChI is InChI=1S/C24H20F3N3O4S/c25-15-8-13(9-16(26)20(15)27)17-10-30(29-28-17)21-22(32)18(11-31)34-24(23(21)33)35-19-7-3-5-12-4-1-2-6-14(12)19/h1-10,18,21-24,31-33H,11H2/t18?,21?,22-,23?,24+/m0/s1. The van der Waals surface area contributed by atoms with Crippen LogP contribution in [0.15, 0.2) is 65.7 Å². The predicted molar refractivity (Wildman–Crippen MR) is 122 cm³/mol. The van der Waals surface area contributed by atoms with E-state index in [1.807, 2.05) is 42.5 Å². The van der Waals surface area contributed by atoms with Crippen LogP contribution in [0.4, 0.5) is 13.2 Å². The minimum absolute atomic E-state index is 0.00694. The molecule has 1 aliphatic rings. The zero-order valence-electron chi connectivity index (χ0n) is 18.0. The molecule has 3 aromatic carbocycles. The fourth-order valence-corrected chi connectivity index (χ4v) is 5.38. The molecule has 0 radical (unpaired) electrons. The van der Waals surface area contributed by atoms with Gasteiger partial charge in [-0.1, -0.05) is 53.4 Å². The first-order valence-corrected chi connectivity index (χ1v) is 11.6. The Balaban J connectivity index is 1.47. The second-order valence-electron chi connectivity index (χ2n) is 8.13. The second kappa shape index (κ2) is 9.59. The molecule has 1 aliphatic heterocycles. The monoisotopic (exact) mass is 503 g/mol. The van der Waals surface area contributed by atoms with Gasteiger partial charge in [-0.25, -0.2) is 17.9 Å². The van der Waals surface area contributed by atoms with Gasteiger partial charge >= 0.3 is 0 Å². The lowest BCUT2D eigenvalue weighted by Crippen LogP contribution is -2.55. The van der Waals surface area contributed by atoms with Crippen LogP contribution in [-0.2, 0) is 4.74 Å². The number of aliphatic hydroxyl groups is 3. The summed E-state index contributed by atoms with van der Waals surface area (Å²) in [6.07, 6.45) is -2.42. The van der Waals surface area contributed by atoms with Crippen LogP contribution in [0.1, 0.15) is 6.04 Å². The first-order chi connectivity index (χ1) is 16.9. The van der Waals surface area contributed by atoms with Gasteiger partial charge in [-0.05, 0) is 29.0 Å². The van der Waals surface area contributed by atoms with E-state index in [0.29, 0.717) is 0 Å². The molecule has 7 nitrogen and oxygen atoms in total. The number of ether oxygens (including phenoxy) is 1. The smallest absolute Gasteiger partial charge is 0.194 e. The van der Waals surface area contributed by atoms with Crippen LogP contribution in [0.2, 0.25) is 0 Å². The molecule has 11 heteroatoms. The Morgan fingerprint density at radius 3 is 2.43 bits per heavy atom. The summed E-state index contributed by atoms with van der Waals surface area (Å²) in [6, 6.07) is 13.9. The summed E-state index contributed by atoms with van der Waals surface area (Å²) in [6.45, 7) is -0.521. The summed E-state index contributed by atoms with van der Waals surface area (Å²) in [5.74, 6) is -4.37. The molecule has 4 aromatic rings. The van der Waals surface area contributed by atoms with Crippen molar-refractivity contribution in [2.45, 2.75) is 34.7 Å². The Morgan fingerprint density at radius 2 is 1.69 bits per heavy atom. The maximum absolute atomic E-state index is 13.7. The van der Waals surface area contributed by atoms with Gasteiger partial charge in [0.1, 0.15) is 35.5 Å². The second-order valence-corrected chi connectivity index (χ2v) is 9.27. The van der Waals surface area contributed by atoms with E-state index in [9.17, 15) is 28.5 Å². The van der Waals surface area contributed by atoms with Crippen LogP contribution < -0.4 is 0 Å². The first-order valence-electron chi connectivity index (χ1n) is 10.7. The van der Waals surface area contributed by atoms with Gasteiger partial charge in [0.15, 0.2) is 17.5 Å². The highest BCUT2D eigenvalue weighted by atomic mass is 32.2. The van der Waals surface area contributed by atoms with Crippen LogP contribution in [0.5, 0.6) is 0 Å². The average Bonchev–Trinajstić information content (AvgIpc) is 3.34. The fraction of sp³-hybridized carbons (Fsp3) is 0.250. The Bertz CT molecular complexity index is 1340. The van der Waals surface area contributed by atoms with Crippen LogP contribution in [-0.4, -0.2) is 60.7 Å². The van der Waals surface area contributed by atoms with Crippen molar-refractivity contribution in [1.82, 2.24) is 15.0 Å². The molecule has 3 unspecified atom stereocenters. The summed E-state index contributed by atoms with van der Waals surface area (Å²) in [7, 11) is 0.